The second-order valence-corrected chi connectivity index (χ2v) is 4.09. The number of hydrogen-bond donors (Lipinski definition) is 0. The zero-order chi connectivity index (χ0) is 11.4. The van der Waals surface area contributed by atoms with Gasteiger partial charge in [-0.25, -0.2) is 0 Å². The molecule has 0 aromatic heterocycles. The molecule has 0 saturated carbocycles. The number of aryl methyl sites for hydroxylation is 1. The second-order valence-electron chi connectivity index (χ2n) is 3.65. The lowest BCUT2D eigenvalue weighted by Crippen LogP contribution is -1.79. The average Bonchev–Trinajstić information content (AvgIpc) is 2.28. The highest BCUT2D eigenvalue weighted by Gasteiger charge is 1.90. The van der Waals surface area contributed by atoms with E-state index in [2.05, 4.69) is 18.0 Å². The van der Waals surface area contributed by atoms with E-state index in [1.165, 1.54) is 5.56 Å². The molecule has 0 aliphatic heterocycles. The first-order valence-electron chi connectivity index (χ1n) is 5.10. The summed E-state index contributed by atoms with van der Waals surface area (Å²) in [6.45, 7) is 2.06. The van der Waals surface area contributed by atoms with Crippen LogP contribution >= 0.6 is 11.6 Å². The van der Waals surface area contributed by atoms with Gasteiger partial charge in [0.15, 0.2) is 0 Å². The Balaban J connectivity index is 2.18. The molecule has 1 nitrogen and oxygen atoms in total. The molecule has 0 radical (unpaired) electrons. The van der Waals surface area contributed by atoms with Crippen LogP contribution in [0, 0.1) is 6.92 Å². The number of halogens is 1. The van der Waals surface area contributed by atoms with Crippen molar-refractivity contribution in [1.82, 2.24) is 0 Å². The van der Waals surface area contributed by atoms with Gasteiger partial charge in [0.25, 0.3) is 0 Å². The molecule has 80 valence electrons. The van der Waals surface area contributed by atoms with Crippen LogP contribution < -0.4 is 0 Å². The minimum Gasteiger partial charge on any atom is -0.256 e. The second kappa shape index (κ2) is 4.95. The fourth-order valence-electron chi connectivity index (χ4n) is 1.41. The Morgan fingerprint density at radius 1 is 1.06 bits per heavy atom. The van der Waals surface area contributed by atoms with Crippen LogP contribution in [-0.4, -0.2) is 6.21 Å². The van der Waals surface area contributed by atoms with Gasteiger partial charge in [-0.05, 0) is 42.3 Å². The SMILES string of the molecule is Cc1cccc(N=Cc2ccc(Cl)cc2)c1. The van der Waals surface area contributed by atoms with Crippen LogP contribution in [0.15, 0.2) is 53.5 Å². The maximum atomic E-state index is 5.81. The van der Waals surface area contributed by atoms with Gasteiger partial charge < -0.3 is 0 Å². The van der Waals surface area contributed by atoms with Gasteiger partial charge in [-0.15, -0.1) is 0 Å². The highest BCUT2D eigenvalue weighted by atomic mass is 35.5. The predicted molar refractivity (Wildman–Crippen MR) is 69.9 cm³/mol. The van der Waals surface area contributed by atoms with Crippen molar-refractivity contribution in [2.75, 3.05) is 0 Å². The monoisotopic (exact) mass is 229 g/mol. The standard InChI is InChI=1S/C14H12ClN/c1-11-3-2-4-14(9-11)16-10-12-5-7-13(15)8-6-12/h2-10H,1H3. The minimum absolute atomic E-state index is 0.743. The van der Waals surface area contributed by atoms with Crippen molar-refractivity contribution >= 4 is 23.5 Å². The Kier molecular flexibility index (Phi) is 3.37. The van der Waals surface area contributed by atoms with Crippen LogP contribution in [0.3, 0.4) is 0 Å². The summed E-state index contributed by atoms with van der Waals surface area (Å²) in [4.78, 5) is 4.40. The van der Waals surface area contributed by atoms with Crippen LogP contribution in [0.4, 0.5) is 5.69 Å². The lowest BCUT2D eigenvalue weighted by molar-refractivity contribution is 1.43. The van der Waals surface area contributed by atoms with Crippen LogP contribution in [0.1, 0.15) is 11.1 Å². The molecule has 0 saturated heterocycles. The lowest BCUT2D eigenvalue weighted by Gasteiger charge is -1.96. The molecule has 0 atom stereocenters. The van der Waals surface area contributed by atoms with Crippen LogP contribution in [0.5, 0.6) is 0 Å². The molecule has 0 heterocycles. The average molecular weight is 230 g/mol. The van der Waals surface area contributed by atoms with Crippen LogP contribution in [0.2, 0.25) is 5.02 Å². The molecule has 0 bridgehead atoms. The zero-order valence-electron chi connectivity index (χ0n) is 9.02. The van der Waals surface area contributed by atoms with E-state index in [-0.39, 0.29) is 0 Å². The Morgan fingerprint density at radius 3 is 2.50 bits per heavy atom. The van der Waals surface area contributed by atoms with Crippen molar-refractivity contribution in [3.05, 3.63) is 64.7 Å². The topological polar surface area (TPSA) is 12.4 Å². The Bertz CT molecular complexity index is 500. The molecule has 0 N–H and O–H groups in total. The number of benzene rings is 2. The highest BCUT2D eigenvalue weighted by Crippen LogP contribution is 2.14. The summed E-state index contributed by atoms with van der Waals surface area (Å²) < 4.78 is 0. The molecule has 0 unspecified atom stereocenters. The van der Waals surface area contributed by atoms with E-state index >= 15 is 0 Å². The van der Waals surface area contributed by atoms with Crippen molar-refractivity contribution in [1.29, 1.82) is 0 Å². The molecule has 2 rings (SSSR count). The van der Waals surface area contributed by atoms with Crippen LogP contribution in [0.25, 0.3) is 0 Å². The maximum absolute atomic E-state index is 5.81. The van der Waals surface area contributed by atoms with Crippen molar-refractivity contribution in [2.24, 2.45) is 4.99 Å². The van der Waals surface area contributed by atoms with Gasteiger partial charge in [0.2, 0.25) is 0 Å². The summed E-state index contributed by atoms with van der Waals surface area (Å²) >= 11 is 5.81. The smallest absolute Gasteiger partial charge is 0.0632 e. The zero-order valence-corrected chi connectivity index (χ0v) is 9.78. The summed E-state index contributed by atoms with van der Waals surface area (Å²) in [6, 6.07) is 15.7. The molecule has 2 heteroatoms. The van der Waals surface area contributed by atoms with E-state index in [1.807, 2.05) is 48.7 Å². The van der Waals surface area contributed by atoms with Crippen molar-refractivity contribution in [3.63, 3.8) is 0 Å². The Hall–Kier alpha value is -1.60. The van der Waals surface area contributed by atoms with Crippen molar-refractivity contribution in [3.8, 4) is 0 Å². The fraction of sp³-hybridized carbons (Fsp3) is 0.0714. The third-order valence-electron chi connectivity index (χ3n) is 2.23. The number of nitrogens with zero attached hydrogens (tertiary/aromatic N) is 1. The summed E-state index contributed by atoms with van der Waals surface area (Å²) in [5.41, 5.74) is 3.23. The van der Waals surface area contributed by atoms with E-state index in [0.717, 1.165) is 16.3 Å². The van der Waals surface area contributed by atoms with E-state index in [4.69, 9.17) is 11.6 Å². The lowest BCUT2D eigenvalue weighted by atomic mass is 10.2. The molecule has 0 aliphatic rings. The van der Waals surface area contributed by atoms with Gasteiger partial charge in [0.1, 0.15) is 0 Å². The number of rotatable bonds is 2. The maximum Gasteiger partial charge on any atom is 0.0632 e. The van der Waals surface area contributed by atoms with Crippen molar-refractivity contribution in [2.45, 2.75) is 6.92 Å². The first-order valence-corrected chi connectivity index (χ1v) is 5.48. The van der Waals surface area contributed by atoms with Crippen LogP contribution in [-0.2, 0) is 0 Å². The normalized spacial score (nSPS) is 10.9. The molecule has 0 amide bonds. The molecule has 0 spiro atoms. The molecule has 0 aliphatic carbocycles. The first-order chi connectivity index (χ1) is 7.74. The van der Waals surface area contributed by atoms with Gasteiger partial charge in [-0.2, -0.15) is 0 Å². The summed E-state index contributed by atoms with van der Waals surface area (Å²) in [6.07, 6.45) is 1.84. The Morgan fingerprint density at radius 2 is 1.81 bits per heavy atom. The van der Waals surface area contributed by atoms with E-state index in [0.29, 0.717) is 0 Å². The third-order valence-corrected chi connectivity index (χ3v) is 2.49. The summed E-state index contributed by atoms with van der Waals surface area (Å²) in [5, 5.41) is 0.743. The molecule has 0 fully saturated rings. The summed E-state index contributed by atoms with van der Waals surface area (Å²) in [5.74, 6) is 0. The number of hydrogen-bond acceptors (Lipinski definition) is 1. The van der Waals surface area contributed by atoms with Gasteiger partial charge in [-0.1, -0.05) is 35.9 Å². The third kappa shape index (κ3) is 2.94. The van der Waals surface area contributed by atoms with E-state index in [9.17, 15) is 0 Å². The van der Waals surface area contributed by atoms with Gasteiger partial charge in [-0.3, -0.25) is 4.99 Å². The van der Waals surface area contributed by atoms with Gasteiger partial charge >= 0.3 is 0 Å². The molecule has 2 aromatic carbocycles. The number of aliphatic imine (C=N–C) groups is 1. The van der Waals surface area contributed by atoms with E-state index in [1.54, 1.807) is 0 Å². The van der Waals surface area contributed by atoms with Gasteiger partial charge in [0.05, 0.1) is 5.69 Å². The minimum atomic E-state index is 0.743. The highest BCUT2D eigenvalue weighted by molar-refractivity contribution is 6.30. The summed E-state index contributed by atoms with van der Waals surface area (Å²) in [7, 11) is 0. The Labute approximate surface area is 100 Å². The van der Waals surface area contributed by atoms with Crippen molar-refractivity contribution < 1.29 is 0 Å². The molecular formula is C14H12ClN. The van der Waals surface area contributed by atoms with E-state index < -0.39 is 0 Å². The fourth-order valence-corrected chi connectivity index (χ4v) is 1.53. The molecular weight excluding hydrogens is 218 g/mol. The predicted octanol–water partition coefficient (Wildman–Crippen LogP) is 4.40. The molecule has 2 aromatic rings. The quantitative estimate of drug-likeness (QED) is 0.677. The first kappa shape index (κ1) is 10.9. The largest absolute Gasteiger partial charge is 0.256 e. The molecule has 16 heavy (non-hydrogen) atoms. The van der Waals surface area contributed by atoms with Gasteiger partial charge in [0, 0.05) is 11.2 Å².